The molecule has 0 aliphatic carbocycles. The van der Waals surface area contributed by atoms with Crippen molar-refractivity contribution in [1.29, 1.82) is 0 Å². The van der Waals surface area contributed by atoms with Crippen molar-refractivity contribution >= 4 is 39.7 Å². The molecule has 25 heavy (non-hydrogen) atoms. The molecule has 0 saturated heterocycles. The van der Waals surface area contributed by atoms with E-state index in [1.807, 2.05) is 56.4 Å². The van der Waals surface area contributed by atoms with Crippen LogP contribution in [0.2, 0.25) is 0 Å². The first-order chi connectivity index (χ1) is 11.6. The minimum absolute atomic E-state index is 0. The third kappa shape index (κ3) is 4.21. The maximum absolute atomic E-state index is 12.8. The quantitative estimate of drug-likeness (QED) is 0.708. The van der Waals surface area contributed by atoms with Crippen LogP contribution < -0.4 is 5.73 Å². The fraction of sp³-hybridized carbons (Fsp3) is 0.250. The number of halogens is 1. The van der Waals surface area contributed by atoms with Crippen LogP contribution in [0.15, 0.2) is 60.0 Å². The standard InChI is InChI=1S/C20H22N2OS.ClH/c1-14(19(21)15-8-4-3-5-9-15)20(23)22(2)12-16-13-24-18-11-7-6-10-17(16)18;/h3-11,13-14,19H,12,21H2,1-2H3;1H. The van der Waals surface area contributed by atoms with E-state index in [2.05, 4.69) is 17.5 Å². The Morgan fingerprint density at radius 3 is 2.48 bits per heavy atom. The molecule has 0 aliphatic heterocycles. The zero-order valence-corrected chi connectivity index (χ0v) is 16.0. The second kappa shape index (κ2) is 8.48. The van der Waals surface area contributed by atoms with Crippen molar-refractivity contribution in [3.05, 3.63) is 71.1 Å². The lowest BCUT2D eigenvalue weighted by molar-refractivity contribution is -0.134. The number of nitrogens with zero attached hydrogens (tertiary/aromatic N) is 1. The van der Waals surface area contributed by atoms with Crippen LogP contribution >= 0.6 is 23.7 Å². The van der Waals surface area contributed by atoms with Crippen LogP contribution in [-0.4, -0.2) is 17.9 Å². The first-order valence-corrected chi connectivity index (χ1v) is 8.96. The highest BCUT2D eigenvalue weighted by atomic mass is 35.5. The second-order valence-electron chi connectivity index (χ2n) is 6.18. The van der Waals surface area contributed by atoms with Crippen molar-refractivity contribution in [1.82, 2.24) is 4.90 Å². The molecule has 1 aromatic heterocycles. The van der Waals surface area contributed by atoms with Gasteiger partial charge in [-0.05, 0) is 28.0 Å². The summed E-state index contributed by atoms with van der Waals surface area (Å²) in [5.41, 5.74) is 8.48. The predicted octanol–water partition coefficient (Wildman–Crippen LogP) is 4.62. The number of amides is 1. The van der Waals surface area contributed by atoms with Crippen LogP contribution in [0.3, 0.4) is 0 Å². The van der Waals surface area contributed by atoms with E-state index in [1.54, 1.807) is 16.2 Å². The van der Waals surface area contributed by atoms with E-state index in [9.17, 15) is 4.79 Å². The van der Waals surface area contributed by atoms with Crippen LogP contribution in [-0.2, 0) is 11.3 Å². The highest BCUT2D eigenvalue weighted by molar-refractivity contribution is 7.17. The van der Waals surface area contributed by atoms with Gasteiger partial charge in [-0.3, -0.25) is 4.79 Å². The highest BCUT2D eigenvalue weighted by Crippen LogP contribution is 2.27. The molecule has 0 fully saturated rings. The molecular weight excluding hydrogens is 352 g/mol. The zero-order chi connectivity index (χ0) is 17.1. The van der Waals surface area contributed by atoms with Gasteiger partial charge < -0.3 is 10.6 Å². The number of rotatable bonds is 5. The third-order valence-electron chi connectivity index (χ3n) is 4.46. The number of fused-ring (bicyclic) bond motifs is 1. The Morgan fingerprint density at radius 1 is 1.12 bits per heavy atom. The van der Waals surface area contributed by atoms with E-state index in [0.29, 0.717) is 6.54 Å². The molecule has 5 heteroatoms. The first-order valence-electron chi connectivity index (χ1n) is 8.08. The second-order valence-corrected chi connectivity index (χ2v) is 7.09. The van der Waals surface area contributed by atoms with E-state index in [0.717, 1.165) is 5.56 Å². The Hall–Kier alpha value is -1.88. The van der Waals surface area contributed by atoms with Gasteiger partial charge >= 0.3 is 0 Å². The molecule has 0 radical (unpaired) electrons. The monoisotopic (exact) mass is 374 g/mol. The van der Waals surface area contributed by atoms with Crippen LogP contribution in [0.25, 0.3) is 10.1 Å². The lowest BCUT2D eigenvalue weighted by Gasteiger charge is -2.25. The number of thiophene rings is 1. The molecule has 2 unspecified atom stereocenters. The number of hydrogen-bond acceptors (Lipinski definition) is 3. The molecule has 132 valence electrons. The van der Waals surface area contributed by atoms with E-state index < -0.39 is 0 Å². The van der Waals surface area contributed by atoms with E-state index in [-0.39, 0.29) is 30.3 Å². The number of carbonyl (C=O) groups is 1. The molecule has 1 amide bonds. The number of carbonyl (C=O) groups excluding carboxylic acids is 1. The van der Waals surface area contributed by atoms with E-state index >= 15 is 0 Å². The summed E-state index contributed by atoms with van der Waals surface area (Å²) in [5.74, 6) is -0.191. The Labute approximate surface area is 158 Å². The maximum atomic E-state index is 12.8. The van der Waals surface area contributed by atoms with Gasteiger partial charge in [0.25, 0.3) is 0 Å². The molecule has 0 spiro atoms. The van der Waals surface area contributed by atoms with Crippen molar-refractivity contribution < 1.29 is 4.79 Å². The normalized spacial score (nSPS) is 13.1. The minimum Gasteiger partial charge on any atom is -0.341 e. The summed E-state index contributed by atoms with van der Waals surface area (Å²) in [4.78, 5) is 14.5. The zero-order valence-electron chi connectivity index (χ0n) is 14.4. The summed E-state index contributed by atoms with van der Waals surface area (Å²) in [6, 6.07) is 17.8. The SMILES string of the molecule is CC(C(=O)N(C)Cc1csc2ccccc12)C(N)c1ccccc1.Cl. The average Bonchev–Trinajstić information content (AvgIpc) is 3.03. The summed E-state index contributed by atoms with van der Waals surface area (Å²) in [7, 11) is 1.85. The molecule has 3 nitrogen and oxygen atoms in total. The van der Waals surface area contributed by atoms with Gasteiger partial charge in [0.2, 0.25) is 5.91 Å². The fourth-order valence-electron chi connectivity index (χ4n) is 2.95. The lowest BCUT2D eigenvalue weighted by atomic mass is 9.94. The van der Waals surface area contributed by atoms with E-state index in [1.165, 1.54) is 15.6 Å². The number of benzene rings is 2. The van der Waals surface area contributed by atoms with Gasteiger partial charge in [-0.25, -0.2) is 0 Å². The molecular formula is C20H23ClN2OS. The van der Waals surface area contributed by atoms with Crippen molar-refractivity contribution in [2.24, 2.45) is 11.7 Å². The Balaban J connectivity index is 0.00000225. The predicted molar refractivity (Wildman–Crippen MR) is 108 cm³/mol. The van der Waals surface area contributed by atoms with Crippen LogP contribution in [0, 0.1) is 5.92 Å². The maximum Gasteiger partial charge on any atom is 0.227 e. The fourth-order valence-corrected chi connectivity index (χ4v) is 3.91. The summed E-state index contributed by atoms with van der Waals surface area (Å²) in [5, 5.41) is 3.36. The molecule has 0 aliphatic rings. The molecule has 0 saturated carbocycles. The van der Waals surface area contributed by atoms with Crippen LogP contribution in [0.5, 0.6) is 0 Å². The average molecular weight is 375 g/mol. The lowest BCUT2D eigenvalue weighted by Crippen LogP contribution is -2.36. The summed E-state index contributed by atoms with van der Waals surface area (Å²) in [6.45, 7) is 2.51. The van der Waals surface area contributed by atoms with Gasteiger partial charge in [0, 0.05) is 24.3 Å². The number of nitrogens with two attached hydrogens (primary N) is 1. The molecule has 3 aromatic rings. The van der Waals surface area contributed by atoms with Crippen molar-refractivity contribution in [3.8, 4) is 0 Å². The molecule has 3 rings (SSSR count). The molecule has 0 bridgehead atoms. The Morgan fingerprint density at radius 2 is 1.76 bits per heavy atom. The van der Waals surface area contributed by atoms with Gasteiger partial charge in [-0.1, -0.05) is 55.5 Å². The highest BCUT2D eigenvalue weighted by Gasteiger charge is 2.25. The van der Waals surface area contributed by atoms with Crippen molar-refractivity contribution in [2.75, 3.05) is 7.05 Å². The van der Waals surface area contributed by atoms with Crippen molar-refractivity contribution in [2.45, 2.75) is 19.5 Å². The van der Waals surface area contributed by atoms with E-state index in [4.69, 9.17) is 5.73 Å². The summed E-state index contributed by atoms with van der Waals surface area (Å²) in [6.07, 6.45) is 0. The smallest absolute Gasteiger partial charge is 0.227 e. The van der Waals surface area contributed by atoms with Gasteiger partial charge in [0.05, 0.1) is 5.92 Å². The van der Waals surface area contributed by atoms with Gasteiger partial charge in [0.1, 0.15) is 0 Å². The molecule has 2 N–H and O–H groups in total. The first kappa shape index (κ1) is 19.4. The molecule has 1 heterocycles. The van der Waals surface area contributed by atoms with Gasteiger partial charge in [-0.15, -0.1) is 23.7 Å². The molecule has 2 aromatic carbocycles. The topological polar surface area (TPSA) is 46.3 Å². The Kier molecular flexibility index (Phi) is 6.59. The Bertz CT molecular complexity index is 834. The summed E-state index contributed by atoms with van der Waals surface area (Å²) >= 11 is 1.72. The number of hydrogen-bond donors (Lipinski definition) is 1. The largest absolute Gasteiger partial charge is 0.341 e. The van der Waals surface area contributed by atoms with Gasteiger partial charge in [-0.2, -0.15) is 0 Å². The van der Waals surface area contributed by atoms with Crippen LogP contribution in [0.1, 0.15) is 24.1 Å². The molecule has 2 atom stereocenters. The van der Waals surface area contributed by atoms with Gasteiger partial charge in [0.15, 0.2) is 0 Å². The minimum atomic E-state index is -0.291. The third-order valence-corrected chi connectivity index (χ3v) is 5.47. The van der Waals surface area contributed by atoms with Crippen LogP contribution in [0.4, 0.5) is 0 Å². The van der Waals surface area contributed by atoms with Crippen molar-refractivity contribution in [3.63, 3.8) is 0 Å². The summed E-state index contributed by atoms with van der Waals surface area (Å²) < 4.78 is 1.25.